The summed E-state index contributed by atoms with van der Waals surface area (Å²) in [5.41, 5.74) is 0.775. The van der Waals surface area contributed by atoms with Gasteiger partial charge >= 0.3 is 18.2 Å². The van der Waals surface area contributed by atoms with Crippen molar-refractivity contribution in [2.24, 2.45) is 0 Å². The molecule has 5 atom stereocenters. The summed E-state index contributed by atoms with van der Waals surface area (Å²) < 4.78 is 16.5. The minimum Gasteiger partial charge on any atom is -0.593 e. The number of aliphatic carboxylic acids is 1. The first-order valence-corrected chi connectivity index (χ1v) is 24.5. The standard InChI is InChI=1S/C54H63ClN6O14/c1-29(44(63)50(69)70)57-47(66)40-27-31-13-23-41(62)37(26-31)38-28-35(20-24-42(38)73-52(72)75-54(6,7)8)43(48(67)58-30(2)45(64)60-40)61(9)49(68)39(12-10-11-25-56-51(71)74-53(3,4)5)59-46(65)34-16-14-32(15-17-34)33-18-21-36(55)22-19-33/h13-24,26,28-30,39-40,43,62H,10-12,25,27H2,1-9H3,(H,56,71)(H,57,66)(H,58,67)(H,59,65)(H,60,64)(H,69,70)/p+1/t29-,30-,39-,40-,43-/m0/s1. The van der Waals surface area contributed by atoms with Gasteiger partial charge in [0.15, 0.2) is 0 Å². The van der Waals surface area contributed by atoms with E-state index in [0.717, 1.165) is 23.0 Å². The third-order valence-electron chi connectivity index (χ3n) is 11.6. The lowest BCUT2D eigenvalue weighted by atomic mass is 9.93. The highest BCUT2D eigenvalue weighted by Gasteiger charge is 2.37. The van der Waals surface area contributed by atoms with E-state index in [4.69, 9.17) is 30.9 Å². The van der Waals surface area contributed by atoms with Gasteiger partial charge in [-0.25, -0.2) is 14.4 Å². The van der Waals surface area contributed by atoms with Crippen LogP contribution in [0.4, 0.5) is 9.59 Å². The number of carbonyl (C=O) groups excluding carboxylic acids is 8. The second kappa shape index (κ2) is 24.8. The number of hydrogen-bond acceptors (Lipinski definition) is 12. The first kappa shape index (κ1) is 57.9. The number of ether oxygens (including phenoxy) is 3. The number of rotatable bonds is 15. The molecule has 5 rings (SSSR count). The Labute approximate surface area is 439 Å². The molecule has 0 saturated heterocycles. The van der Waals surface area contributed by atoms with Crippen molar-refractivity contribution in [1.29, 1.82) is 0 Å². The molecular weight excluding hydrogens is 992 g/mol. The van der Waals surface area contributed by atoms with E-state index in [-0.39, 0.29) is 59.6 Å². The number of carboxylic acids is 1. The number of Topliss-reactive ketones (excluding diaryl/α,β-unsaturated/α-hetero) is 1. The van der Waals surface area contributed by atoms with Crippen LogP contribution < -0.4 is 31.3 Å². The molecule has 21 heteroatoms. The molecule has 4 aromatic rings. The molecule has 0 radical (unpaired) electrons. The largest absolute Gasteiger partial charge is 0.593 e. The molecule has 6 amide bonds. The zero-order valence-corrected chi connectivity index (χ0v) is 43.9. The number of nitrogens with one attached hydrogen (secondary N) is 5. The van der Waals surface area contributed by atoms with E-state index in [1.165, 1.54) is 50.4 Å². The van der Waals surface area contributed by atoms with Crippen LogP contribution in [-0.2, 0) is 44.7 Å². The predicted molar refractivity (Wildman–Crippen MR) is 277 cm³/mol. The Balaban J connectivity index is 1.58. The molecule has 1 aliphatic rings. The normalized spacial score (nSPS) is 16.5. The van der Waals surface area contributed by atoms with Gasteiger partial charge in [0.25, 0.3) is 17.4 Å². The van der Waals surface area contributed by atoms with E-state index in [0.29, 0.717) is 17.0 Å². The first-order chi connectivity index (χ1) is 35.1. The van der Waals surface area contributed by atoms with Crippen molar-refractivity contribution in [3.05, 3.63) is 107 Å². The fourth-order valence-electron chi connectivity index (χ4n) is 7.84. The Kier molecular flexibility index (Phi) is 19.2. The average molecular weight is 1060 g/mol. The molecule has 400 valence electrons. The lowest BCUT2D eigenvalue weighted by molar-refractivity contribution is -0.150. The Morgan fingerprint density at radius 1 is 0.800 bits per heavy atom. The quantitative estimate of drug-likeness (QED) is 0.0257. The molecule has 1 heterocycles. The molecule has 0 saturated carbocycles. The number of nitrogens with zero attached hydrogens (tertiary/aromatic N) is 1. The SMILES string of the molecule is C[C@@H]1NC(=O)[C@@H](N(C)C(=O)[C@H](CCCCNC(=O)OC(C)(C)C)NC(=O)c2ccc(-c3ccc(Cl)cc3)cc2)c2ccc(OC(=O)OC(C)(C)C)c(c2)-c2cc(ccc2[OH2+])C[C@@H](C(=O)N[C@@H](C)C(=O)C(=O)O)NC1=O. The number of fused-ring (bicyclic) bond motifs is 5. The third kappa shape index (κ3) is 16.5. The lowest BCUT2D eigenvalue weighted by Gasteiger charge is -2.32. The molecule has 0 fully saturated rings. The number of halogens is 1. The van der Waals surface area contributed by atoms with Crippen LogP contribution in [0.2, 0.25) is 5.02 Å². The van der Waals surface area contributed by atoms with Crippen LogP contribution in [0, 0.1) is 0 Å². The summed E-state index contributed by atoms with van der Waals surface area (Å²) in [5.74, 6) is -7.46. The van der Waals surface area contributed by atoms with Gasteiger partial charge < -0.3 is 55.9 Å². The van der Waals surface area contributed by atoms with Gasteiger partial charge in [-0.2, -0.15) is 0 Å². The van der Waals surface area contributed by atoms with E-state index in [9.17, 15) is 43.5 Å². The molecule has 4 bridgehead atoms. The summed E-state index contributed by atoms with van der Waals surface area (Å²) in [6.07, 6.45) is -1.36. The van der Waals surface area contributed by atoms with E-state index in [2.05, 4.69) is 26.6 Å². The Morgan fingerprint density at radius 2 is 1.43 bits per heavy atom. The molecule has 0 unspecified atom stereocenters. The summed E-state index contributed by atoms with van der Waals surface area (Å²) in [7, 11) is 1.33. The molecule has 8 N–H and O–H groups in total. The maximum atomic E-state index is 15.0. The van der Waals surface area contributed by atoms with E-state index in [1.807, 2.05) is 12.1 Å². The van der Waals surface area contributed by atoms with Crippen LogP contribution in [0.25, 0.3) is 22.3 Å². The molecule has 75 heavy (non-hydrogen) atoms. The molecule has 0 aliphatic carbocycles. The zero-order chi connectivity index (χ0) is 55.5. The first-order valence-electron chi connectivity index (χ1n) is 24.1. The molecule has 20 nitrogen and oxygen atoms in total. The van der Waals surface area contributed by atoms with Crippen LogP contribution in [-0.4, -0.2) is 118 Å². The third-order valence-corrected chi connectivity index (χ3v) is 11.8. The molecule has 0 spiro atoms. The summed E-state index contributed by atoms with van der Waals surface area (Å²) >= 11 is 6.08. The van der Waals surface area contributed by atoms with Gasteiger partial charge in [0, 0.05) is 42.2 Å². The monoisotopic (exact) mass is 1060 g/mol. The van der Waals surface area contributed by atoms with E-state index in [1.54, 1.807) is 77.9 Å². The molecule has 0 aromatic heterocycles. The van der Waals surface area contributed by atoms with E-state index < -0.39 is 94.9 Å². The lowest BCUT2D eigenvalue weighted by Crippen LogP contribution is -2.57. The van der Waals surface area contributed by atoms with Gasteiger partial charge in [-0.15, -0.1) is 0 Å². The average Bonchev–Trinajstić information content (AvgIpc) is 3.32. The number of unbranched alkanes of at least 4 members (excludes halogenated alkanes) is 1. The number of carboxylic acid groups (broad SMARTS) is 1. The van der Waals surface area contributed by atoms with Crippen molar-refractivity contribution < 1.29 is 67.6 Å². The Morgan fingerprint density at radius 3 is 2.04 bits per heavy atom. The van der Waals surface area contributed by atoms with Crippen molar-refractivity contribution >= 4 is 65.1 Å². The van der Waals surface area contributed by atoms with Crippen LogP contribution in [0.5, 0.6) is 11.5 Å². The summed E-state index contributed by atoms with van der Waals surface area (Å²) in [6.45, 7) is 12.7. The van der Waals surface area contributed by atoms with Crippen LogP contribution in [0.3, 0.4) is 0 Å². The second-order valence-corrected chi connectivity index (χ2v) is 20.4. The fourth-order valence-corrected chi connectivity index (χ4v) is 7.97. The van der Waals surface area contributed by atoms with Crippen LogP contribution >= 0.6 is 11.6 Å². The minimum atomic E-state index is -1.80. The number of alkyl carbamates (subject to hydrolysis) is 1. The van der Waals surface area contributed by atoms with Crippen molar-refractivity contribution in [3.63, 3.8) is 0 Å². The maximum Gasteiger partial charge on any atom is 0.514 e. The highest BCUT2D eigenvalue weighted by atomic mass is 35.5. The number of benzene rings is 4. The maximum absolute atomic E-state index is 15.0. The topological polar surface area (TPSA) is 288 Å². The van der Waals surface area contributed by atoms with Crippen molar-refractivity contribution in [3.8, 4) is 33.8 Å². The molecule has 1 aliphatic heterocycles. The van der Waals surface area contributed by atoms with Gasteiger partial charge in [0.2, 0.25) is 23.6 Å². The van der Waals surface area contributed by atoms with Crippen LogP contribution in [0.1, 0.15) is 102 Å². The van der Waals surface area contributed by atoms with Crippen molar-refractivity contribution in [2.45, 2.75) is 122 Å². The summed E-state index contributed by atoms with van der Waals surface area (Å²) in [6, 6.07) is 15.1. The van der Waals surface area contributed by atoms with Crippen molar-refractivity contribution in [2.75, 3.05) is 13.6 Å². The fraction of sp³-hybridized carbons (Fsp3) is 0.389. The van der Waals surface area contributed by atoms with Gasteiger partial charge in [0.1, 0.15) is 41.1 Å². The second-order valence-electron chi connectivity index (χ2n) is 20.0. The van der Waals surface area contributed by atoms with Gasteiger partial charge in [-0.3, -0.25) is 28.8 Å². The summed E-state index contributed by atoms with van der Waals surface area (Å²) in [4.78, 5) is 122. The highest BCUT2D eigenvalue weighted by Crippen LogP contribution is 2.40. The summed E-state index contributed by atoms with van der Waals surface area (Å²) in [5, 5.41) is 31.9. The molecular formula is C54H64ClN6O14+. The number of likely N-dealkylation sites (N-methyl/N-ethyl adjacent to an activating group) is 1. The smallest absolute Gasteiger partial charge is 0.514 e. The number of ketones is 1. The Bertz CT molecular complexity index is 2810. The molecule has 4 aromatic carbocycles. The van der Waals surface area contributed by atoms with Gasteiger partial charge in [-0.05, 0) is 145 Å². The minimum absolute atomic E-state index is 0.0178. The van der Waals surface area contributed by atoms with Crippen LogP contribution in [0.15, 0.2) is 84.9 Å². The predicted octanol–water partition coefficient (Wildman–Crippen LogP) is 6.12. The van der Waals surface area contributed by atoms with Gasteiger partial charge in [0.05, 0.1) is 11.6 Å². The zero-order valence-electron chi connectivity index (χ0n) is 43.2. The number of hydrogen-bond donors (Lipinski definition) is 6. The van der Waals surface area contributed by atoms with E-state index >= 15 is 4.79 Å². The van der Waals surface area contributed by atoms with Crippen molar-refractivity contribution in [1.82, 2.24) is 31.5 Å². The number of amides is 6. The highest BCUT2D eigenvalue weighted by molar-refractivity contribution is 6.35. The van der Waals surface area contributed by atoms with Gasteiger partial charge in [-0.1, -0.05) is 41.9 Å². The number of carbonyl (C=O) groups is 9. The Hall–Kier alpha value is -8.00.